The maximum Gasteiger partial charge on any atom is 0.421 e. The molecule has 1 atom stereocenters. The molecule has 27 heavy (non-hydrogen) atoms. The number of nitrogens with zero attached hydrogens (tertiary/aromatic N) is 3. The number of nitrogen functional groups attached to an aromatic ring is 1. The zero-order valence-corrected chi connectivity index (χ0v) is 13.6. The molecule has 3 N–H and O–H groups in total. The molecule has 5 nitrogen and oxygen atoms in total. The molecule has 0 saturated heterocycles. The van der Waals surface area contributed by atoms with E-state index in [2.05, 4.69) is 9.97 Å². The lowest BCUT2D eigenvalue weighted by Crippen LogP contribution is -2.59. The molecule has 0 spiro atoms. The highest BCUT2D eigenvalue weighted by atomic mass is 19.4. The first-order valence-electron chi connectivity index (χ1n) is 8.08. The third-order valence-electron chi connectivity index (χ3n) is 5.32. The summed E-state index contributed by atoms with van der Waals surface area (Å²) in [4.78, 5) is 7.30. The van der Waals surface area contributed by atoms with Crippen LogP contribution in [0.3, 0.4) is 0 Å². The minimum atomic E-state index is -4.94. The van der Waals surface area contributed by atoms with Gasteiger partial charge in [-0.3, -0.25) is 0 Å². The molecule has 0 aromatic carbocycles. The van der Waals surface area contributed by atoms with Gasteiger partial charge in [0, 0.05) is 23.5 Å². The van der Waals surface area contributed by atoms with Crippen LogP contribution in [0, 0.1) is 5.92 Å². The smallest absolute Gasteiger partial charge is 0.383 e. The number of rotatable bonds is 3. The number of aromatic nitrogens is 3. The fourth-order valence-corrected chi connectivity index (χ4v) is 3.82. The fraction of sp³-hybridized carbons (Fsp3) is 0.500. The second kappa shape index (κ2) is 5.37. The van der Waals surface area contributed by atoms with Crippen molar-refractivity contribution in [1.29, 1.82) is 0 Å². The molecule has 3 aliphatic carbocycles. The number of aliphatic hydroxyl groups excluding tert-OH is 1. The molecule has 2 aromatic heterocycles. The average molecular weight is 392 g/mol. The topological polar surface area (TPSA) is 77.0 Å². The summed E-state index contributed by atoms with van der Waals surface area (Å²) in [5.41, 5.74) is 3.25. The summed E-state index contributed by atoms with van der Waals surface area (Å²) in [5.74, 6) is -0.927. The van der Waals surface area contributed by atoms with Gasteiger partial charge >= 0.3 is 12.4 Å². The van der Waals surface area contributed by atoms with E-state index in [-0.39, 0.29) is 11.3 Å². The normalized spacial score (nSPS) is 25.7. The van der Waals surface area contributed by atoms with Crippen LogP contribution in [0.15, 0.2) is 18.5 Å². The highest BCUT2D eigenvalue weighted by Crippen LogP contribution is 2.63. The van der Waals surface area contributed by atoms with E-state index in [9.17, 15) is 31.4 Å². The van der Waals surface area contributed by atoms with Crippen molar-refractivity contribution in [2.75, 3.05) is 5.73 Å². The van der Waals surface area contributed by atoms with E-state index in [0.717, 1.165) is 6.20 Å². The largest absolute Gasteiger partial charge is 0.421 e. The lowest BCUT2D eigenvalue weighted by atomic mass is 9.49. The molecule has 3 saturated carbocycles. The fourth-order valence-electron chi connectivity index (χ4n) is 3.82. The van der Waals surface area contributed by atoms with Crippen LogP contribution in [0.1, 0.15) is 36.8 Å². The molecule has 146 valence electrons. The Labute approximate surface area is 148 Å². The van der Waals surface area contributed by atoms with Gasteiger partial charge in [0.2, 0.25) is 6.10 Å². The van der Waals surface area contributed by atoms with Crippen molar-refractivity contribution in [3.05, 3.63) is 29.8 Å². The maximum atomic E-state index is 13.0. The van der Waals surface area contributed by atoms with Crippen molar-refractivity contribution in [3.63, 3.8) is 0 Å². The third-order valence-corrected chi connectivity index (χ3v) is 5.32. The number of halogens is 6. The van der Waals surface area contributed by atoms with Gasteiger partial charge in [0.15, 0.2) is 0 Å². The number of hydrogen-bond donors (Lipinski definition) is 2. The molecule has 3 fully saturated rings. The first-order valence-corrected chi connectivity index (χ1v) is 8.08. The van der Waals surface area contributed by atoms with Gasteiger partial charge in [-0.05, 0) is 31.2 Å². The lowest BCUT2D eigenvalue weighted by molar-refractivity contribution is -0.212. The lowest BCUT2D eigenvalue weighted by Gasteiger charge is -2.62. The predicted octanol–water partition coefficient (Wildman–Crippen LogP) is 3.65. The molecule has 0 radical (unpaired) electrons. The Morgan fingerprint density at radius 3 is 2.30 bits per heavy atom. The summed E-state index contributed by atoms with van der Waals surface area (Å²) in [7, 11) is 0. The van der Waals surface area contributed by atoms with Crippen molar-refractivity contribution < 1.29 is 31.4 Å². The first-order chi connectivity index (χ1) is 12.4. The summed E-state index contributed by atoms with van der Waals surface area (Å²) in [6, 6.07) is 0.695. The second-order valence-corrected chi connectivity index (χ2v) is 7.16. The molecule has 5 rings (SSSR count). The van der Waals surface area contributed by atoms with E-state index in [0.29, 0.717) is 31.2 Å². The van der Waals surface area contributed by atoms with E-state index >= 15 is 0 Å². The van der Waals surface area contributed by atoms with E-state index in [1.54, 1.807) is 0 Å². The molecular weight excluding hydrogens is 378 g/mol. The summed E-state index contributed by atoms with van der Waals surface area (Å²) < 4.78 is 79.5. The Balaban J connectivity index is 1.81. The Morgan fingerprint density at radius 1 is 1.19 bits per heavy atom. The number of hydrogen-bond acceptors (Lipinski definition) is 4. The predicted molar refractivity (Wildman–Crippen MR) is 81.2 cm³/mol. The number of aliphatic hydroxyl groups is 1. The van der Waals surface area contributed by atoms with Crippen LogP contribution in [0.5, 0.6) is 0 Å². The number of pyridine rings is 1. The summed E-state index contributed by atoms with van der Waals surface area (Å²) >= 11 is 0. The number of alkyl halides is 6. The van der Waals surface area contributed by atoms with Crippen molar-refractivity contribution in [2.24, 2.45) is 5.92 Å². The Bertz CT molecular complexity index is 886. The highest BCUT2D eigenvalue weighted by Gasteiger charge is 2.59. The SMILES string of the molecule is Nc1ncc(-c2cn(C34CC(C3)C4)c(C(O)C(F)(F)F)n2)cc1C(F)(F)F. The quantitative estimate of drug-likeness (QED) is 0.782. The van der Waals surface area contributed by atoms with Crippen LogP contribution in [-0.4, -0.2) is 25.8 Å². The van der Waals surface area contributed by atoms with Crippen LogP contribution >= 0.6 is 0 Å². The molecular formula is C16H14F6N4O. The first kappa shape index (κ1) is 18.1. The molecule has 3 aliphatic rings. The third kappa shape index (κ3) is 2.75. The number of nitrogens with two attached hydrogens (primary N) is 1. The summed E-state index contributed by atoms with van der Waals surface area (Å²) in [6.07, 6.45) is -8.28. The second-order valence-electron chi connectivity index (χ2n) is 7.16. The number of imidazole rings is 1. The Hall–Kier alpha value is -2.30. The van der Waals surface area contributed by atoms with Crippen molar-refractivity contribution in [1.82, 2.24) is 14.5 Å². The van der Waals surface area contributed by atoms with Gasteiger partial charge in [-0.2, -0.15) is 26.3 Å². The standard InChI is InChI=1S/C16H14F6N4O/c17-15(18,19)9-1-8(5-24-12(9)23)10-6-26(14-2-7(3-14)4-14)13(25-10)11(27)16(20,21)22/h1,5-7,11,27H,2-4H2,(H2,23,24). The van der Waals surface area contributed by atoms with Gasteiger partial charge in [0.05, 0.1) is 11.3 Å². The van der Waals surface area contributed by atoms with Gasteiger partial charge in [0.25, 0.3) is 0 Å². The van der Waals surface area contributed by atoms with E-state index in [1.807, 2.05) is 0 Å². The molecule has 2 heterocycles. The van der Waals surface area contributed by atoms with Crippen LogP contribution in [0.4, 0.5) is 32.2 Å². The molecule has 0 aliphatic heterocycles. The van der Waals surface area contributed by atoms with Crippen molar-refractivity contribution >= 4 is 5.82 Å². The van der Waals surface area contributed by atoms with Crippen LogP contribution < -0.4 is 5.73 Å². The minimum Gasteiger partial charge on any atom is -0.383 e. The van der Waals surface area contributed by atoms with Crippen LogP contribution in [0.2, 0.25) is 0 Å². The van der Waals surface area contributed by atoms with Gasteiger partial charge < -0.3 is 15.4 Å². The van der Waals surface area contributed by atoms with Crippen LogP contribution in [0.25, 0.3) is 11.3 Å². The van der Waals surface area contributed by atoms with Crippen molar-refractivity contribution in [2.45, 2.75) is 43.3 Å². The van der Waals surface area contributed by atoms with Gasteiger partial charge in [-0.25, -0.2) is 9.97 Å². The zero-order chi connectivity index (χ0) is 19.8. The van der Waals surface area contributed by atoms with Gasteiger partial charge in [-0.15, -0.1) is 0 Å². The summed E-state index contributed by atoms with van der Waals surface area (Å²) in [6.45, 7) is 0. The molecule has 0 amide bonds. The Morgan fingerprint density at radius 2 is 1.81 bits per heavy atom. The summed E-state index contributed by atoms with van der Waals surface area (Å²) in [5, 5.41) is 9.70. The molecule has 1 unspecified atom stereocenters. The zero-order valence-electron chi connectivity index (χ0n) is 13.6. The minimum absolute atomic E-state index is 0.127. The maximum absolute atomic E-state index is 13.0. The average Bonchev–Trinajstić information content (AvgIpc) is 2.86. The monoisotopic (exact) mass is 392 g/mol. The van der Waals surface area contributed by atoms with E-state index < -0.39 is 41.2 Å². The number of anilines is 1. The highest BCUT2D eigenvalue weighted by molar-refractivity contribution is 5.62. The van der Waals surface area contributed by atoms with Crippen molar-refractivity contribution in [3.8, 4) is 11.3 Å². The molecule has 2 aromatic rings. The van der Waals surface area contributed by atoms with Gasteiger partial charge in [0.1, 0.15) is 11.6 Å². The van der Waals surface area contributed by atoms with Crippen LogP contribution in [-0.2, 0) is 11.7 Å². The van der Waals surface area contributed by atoms with E-state index in [1.165, 1.54) is 10.8 Å². The van der Waals surface area contributed by atoms with E-state index in [4.69, 9.17) is 5.73 Å². The van der Waals surface area contributed by atoms with Gasteiger partial charge in [-0.1, -0.05) is 0 Å². The Kier molecular flexibility index (Phi) is 3.59. The molecule has 2 bridgehead atoms. The molecule has 11 heteroatoms.